The molecule has 0 saturated heterocycles. The SMILES string of the molecule is CCCCCCCCCCCCOC(C)=O.CCCCCCCCCCCCOC(C)=O.CCCCCCCCCCCCOC(C)=O.OP(O)(O)=S.OP(O)(O)=S.OP(O)(O)=S. The Morgan fingerprint density at radius 2 is 0.413 bits per heavy atom. The molecule has 63 heavy (non-hydrogen) atoms. The van der Waals surface area contributed by atoms with Crippen LogP contribution in [0.2, 0.25) is 0 Å². The summed E-state index contributed by atoms with van der Waals surface area (Å²) in [6, 6.07) is 0. The normalized spacial score (nSPS) is 10.7. The van der Waals surface area contributed by atoms with Crippen LogP contribution in [-0.2, 0) is 64.0 Å². The van der Waals surface area contributed by atoms with Gasteiger partial charge in [0.15, 0.2) is 0 Å². The smallest absolute Gasteiger partial charge is 0.319 e. The summed E-state index contributed by atoms with van der Waals surface area (Å²) in [5.74, 6) is -0.470. The van der Waals surface area contributed by atoms with Crippen LogP contribution in [0.5, 0.6) is 0 Å². The van der Waals surface area contributed by atoms with E-state index in [1.807, 2.05) is 0 Å². The highest BCUT2D eigenvalue weighted by atomic mass is 32.5. The van der Waals surface area contributed by atoms with Crippen LogP contribution in [0, 0.1) is 0 Å². The first-order chi connectivity index (χ1) is 29.3. The fraction of sp³-hybridized carbons (Fsp3) is 0.929. The molecule has 0 rings (SSSR count). The molecule has 15 nitrogen and oxygen atoms in total. The van der Waals surface area contributed by atoms with Crippen molar-refractivity contribution in [2.24, 2.45) is 0 Å². The largest absolute Gasteiger partial charge is 0.466 e. The second-order valence-corrected chi connectivity index (χ2v) is 22.6. The first-order valence-electron chi connectivity index (χ1n) is 23.1. The summed E-state index contributed by atoms with van der Waals surface area (Å²) in [5, 5.41) is 0. The fourth-order valence-electron chi connectivity index (χ4n) is 5.42. The molecular formula is C42H93O15P3S3. The number of unbranched alkanes of at least 4 members (excludes halogenated alkanes) is 27. The molecule has 0 aromatic heterocycles. The van der Waals surface area contributed by atoms with Crippen LogP contribution in [0.3, 0.4) is 0 Å². The van der Waals surface area contributed by atoms with Crippen LogP contribution in [0.15, 0.2) is 0 Å². The summed E-state index contributed by atoms with van der Waals surface area (Å²) in [6.07, 6.45) is 39.4. The Hall–Kier alpha value is -0.000000000000000527. The van der Waals surface area contributed by atoms with Gasteiger partial charge in [-0.05, 0) is 54.7 Å². The van der Waals surface area contributed by atoms with Gasteiger partial charge in [-0.1, -0.05) is 194 Å². The molecule has 0 amide bonds. The third kappa shape index (κ3) is 147. The van der Waals surface area contributed by atoms with Gasteiger partial charge < -0.3 is 58.3 Å². The molecule has 0 bridgehead atoms. The Labute approximate surface area is 398 Å². The lowest BCUT2D eigenvalue weighted by molar-refractivity contribution is -0.142. The number of rotatable bonds is 33. The maximum absolute atomic E-state index is 10.5. The average Bonchev–Trinajstić information content (AvgIpc) is 3.13. The summed E-state index contributed by atoms with van der Waals surface area (Å²) in [4.78, 5) is 99.5. The van der Waals surface area contributed by atoms with Crippen LogP contribution in [0.25, 0.3) is 0 Å². The minimum atomic E-state index is -3.81. The molecule has 0 spiro atoms. The van der Waals surface area contributed by atoms with Crippen molar-refractivity contribution < 1.29 is 72.6 Å². The van der Waals surface area contributed by atoms with Crippen molar-refractivity contribution in [3.63, 3.8) is 0 Å². The van der Waals surface area contributed by atoms with E-state index in [4.69, 9.17) is 58.3 Å². The molecule has 9 N–H and O–H groups in total. The van der Waals surface area contributed by atoms with Crippen molar-refractivity contribution in [1.29, 1.82) is 0 Å². The summed E-state index contributed by atoms with van der Waals surface area (Å²) in [5.41, 5.74) is 0. The third-order valence-corrected chi connectivity index (χ3v) is 8.41. The molecule has 0 radical (unpaired) electrons. The Kier molecular flexibility index (Phi) is 68.8. The number of esters is 3. The van der Waals surface area contributed by atoms with Gasteiger partial charge in [-0.25, -0.2) is 0 Å². The molecule has 384 valence electrons. The molecule has 0 aromatic rings. The molecule has 0 aliphatic carbocycles. The minimum Gasteiger partial charge on any atom is -0.466 e. The highest BCUT2D eigenvalue weighted by Crippen LogP contribution is 2.27. The van der Waals surface area contributed by atoms with Gasteiger partial charge in [-0.15, -0.1) is 0 Å². The first kappa shape index (κ1) is 74.5. The van der Waals surface area contributed by atoms with Gasteiger partial charge in [0, 0.05) is 20.8 Å². The van der Waals surface area contributed by atoms with E-state index in [0.29, 0.717) is 19.8 Å². The summed E-state index contributed by atoms with van der Waals surface area (Å²) < 4.78 is 14.6. The van der Waals surface area contributed by atoms with Gasteiger partial charge in [0.05, 0.1) is 19.8 Å². The molecule has 0 heterocycles. The summed E-state index contributed by atoms with van der Waals surface area (Å²) in [6.45, 7) is 1.56. The van der Waals surface area contributed by atoms with Crippen LogP contribution < -0.4 is 0 Å². The molecule has 0 aliphatic heterocycles. The van der Waals surface area contributed by atoms with E-state index in [0.717, 1.165) is 19.3 Å². The van der Waals surface area contributed by atoms with Crippen LogP contribution in [-0.4, -0.2) is 81.8 Å². The third-order valence-electron chi connectivity index (χ3n) is 8.41. The number of hydrogen-bond donors (Lipinski definition) is 9. The average molecular weight is 1030 g/mol. The van der Waals surface area contributed by atoms with Crippen molar-refractivity contribution in [2.75, 3.05) is 19.8 Å². The van der Waals surface area contributed by atoms with E-state index in [-0.39, 0.29) is 17.9 Å². The topological polar surface area (TPSA) is 261 Å². The van der Waals surface area contributed by atoms with Gasteiger partial charge in [0.2, 0.25) is 0 Å². The van der Waals surface area contributed by atoms with Gasteiger partial charge >= 0.3 is 38.1 Å². The maximum atomic E-state index is 10.5. The second kappa shape index (κ2) is 58.1. The number of ether oxygens (including phenoxy) is 3. The number of carbonyl (C=O) groups excluding carboxylic acids is 3. The zero-order chi connectivity index (χ0) is 49.7. The quantitative estimate of drug-likeness (QED) is 0.0128. The standard InChI is InChI=1S/3C14H28O2.3H3O3PS/c3*1-3-4-5-6-7-8-9-10-11-12-13-16-14(2)15;3*1-4(2,3)5/h3*3-13H2,1-2H3;3*(H3,1,2,3,5). The molecule has 0 aromatic carbocycles. The monoisotopic (exact) mass is 1030 g/mol. The predicted molar refractivity (Wildman–Crippen MR) is 268 cm³/mol. The Morgan fingerprint density at radius 3 is 0.524 bits per heavy atom. The highest BCUT2D eigenvalue weighted by molar-refractivity contribution is 8.06. The number of hydrogen-bond acceptors (Lipinski definition) is 9. The highest BCUT2D eigenvalue weighted by Gasteiger charge is 1.98. The van der Waals surface area contributed by atoms with Gasteiger partial charge in [0.25, 0.3) is 0 Å². The van der Waals surface area contributed by atoms with Gasteiger partial charge in [-0.3, -0.25) is 14.4 Å². The predicted octanol–water partition coefficient (Wildman–Crippen LogP) is 11.0. The minimum absolute atomic E-state index is 0.157. The van der Waals surface area contributed by atoms with E-state index >= 15 is 0 Å². The van der Waals surface area contributed by atoms with E-state index in [9.17, 15) is 14.4 Å². The van der Waals surface area contributed by atoms with Crippen molar-refractivity contribution in [3.8, 4) is 0 Å². The lowest BCUT2D eigenvalue weighted by Gasteiger charge is -2.02. The van der Waals surface area contributed by atoms with Crippen LogP contribution in [0.4, 0.5) is 0 Å². The Bertz CT molecular complexity index is 950. The molecule has 0 saturated carbocycles. The summed E-state index contributed by atoms with van der Waals surface area (Å²) >= 11 is 10.8. The van der Waals surface area contributed by atoms with Crippen molar-refractivity contribution in [2.45, 2.75) is 234 Å². The second-order valence-electron chi connectivity index (χ2n) is 15.1. The fourth-order valence-corrected chi connectivity index (χ4v) is 5.42. The van der Waals surface area contributed by atoms with Crippen LogP contribution in [0.1, 0.15) is 234 Å². The molecule has 0 unspecified atom stereocenters. The van der Waals surface area contributed by atoms with Gasteiger partial charge in [0.1, 0.15) is 0 Å². The van der Waals surface area contributed by atoms with E-state index < -0.39 is 20.2 Å². The Morgan fingerprint density at radius 1 is 0.302 bits per heavy atom. The zero-order valence-electron chi connectivity index (χ0n) is 39.9. The lowest BCUT2D eigenvalue weighted by Crippen LogP contribution is -2.00. The molecule has 21 heteroatoms. The van der Waals surface area contributed by atoms with Crippen molar-refractivity contribution in [1.82, 2.24) is 0 Å². The van der Waals surface area contributed by atoms with Crippen molar-refractivity contribution in [3.05, 3.63) is 0 Å². The van der Waals surface area contributed by atoms with E-state index in [1.165, 1.54) is 194 Å². The van der Waals surface area contributed by atoms with E-state index in [2.05, 4.69) is 56.2 Å². The molecule has 0 fully saturated rings. The molecule has 0 aliphatic rings. The molecular weight excluding hydrogens is 934 g/mol. The summed E-state index contributed by atoms with van der Waals surface area (Å²) in [7, 11) is 0. The zero-order valence-corrected chi connectivity index (χ0v) is 45.0. The van der Waals surface area contributed by atoms with Gasteiger partial charge in [-0.2, -0.15) is 0 Å². The van der Waals surface area contributed by atoms with Crippen molar-refractivity contribution >= 4 is 73.5 Å². The van der Waals surface area contributed by atoms with E-state index in [1.54, 1.807) is 0 Å². The van der Waals surface area contributed by atoms with Crippen LogP contribution >= 0.6 is 20.2 Å². The molecule has 0 atom stereocenters. The first-order valence-corrected chi connectivity index (χ1v) is 31.0. The number of carbonyl (C=O) groups is 3. The maximum Gasteiger partial charge on any atom is 0.319 e. The lowest BCUT2D eigenvalue weighted by atomic mass is 10.1. The Balaban J connectivity index is -0.000000166.